The van der Waals surface area contributed by atoms with Crippen LogP contribution in [0.4, 0.5) is 4.39 Å². The molecule has 0 fully saturated rings. The van der Waals surface area contributed by atoms with Crippen molar-refractivity contribution in [2.45, 2.75) is 19.4 Å². The SMILES string of the molecule is Cc1ccc(C(=O)C(=O)NCC(C)(O)c2ccc(F)cc2)cc1. The molecule has 0 aliphatic carbocycles. The Morgan fingerprint density at radius 1 is 1.09 bits per heavy atom. The number of carbonyl (C=O) groups excluding carboxylic acids is 2. The van der Waals surface area contributed by atoms with Gasteiger partial charge in [-0.25, -0.2) is 4.39 Å². The van der Waals surface area contributed by atoms with E-state index in [2.05, 4.69) is 5.32 Å². The molecular weight excluding hydrogens is 297 g/mol. The average molecular weight is 315 g/mol. The minimum absolute atomic E-state index is 0.158. The number of nitrogens with one attached hydrogen (secondary N) is 1. The zero-order valence-electron chi connectivity index (χ0n) is 13.0. The van der Waals surface area contributed by atoms with Gasteiger partial charge in [-0.05, 0) is 31.5 Å². The van der Waals surface area contributed by atoms with Gasteiger partial charge in [0, 0.05) is 5.56 Å². The van der Waals surface area contributed by atoms with Crippen molar-refractivity contribution >= 4 is 11.7 Å². The van der Waals surface area contributed by atoms with Gasteiger partial charge in [-0.3, -0.25) is 9.59 Å². The van der Waals surface area contributed by atoms with E-state index in [1.54, 1.807) is 24.3 Å². The van der Waals surface area contributed by atoms with Crippen LogP contribution in [-0.2, 0) is 10.4 Å². The summed E-state index contributed by atoms with van der Waals surface area (Å²) in [7, 11) is 0. The standard InChI is InChI=1S/C18H18FNO3/c1-12-3-5-13(6-4-12)16(21)17(22)20-11-18(2,23)14-7-9-15(19)10-8-14/h3-10,23H,11H2,1-2H3,(H,20,22). The molecule has 0 heterocycles. The first-order valence-corrected chi connectivity index (χ1v) is 7.17. The molecule has 1 amide bonds. The average Bonchev–Trinajstić information content (AvgIpc) is 2.53. The molecular formula is C18H18FNO3. The van der Waals surface area contributed by atoms with Crippen LogP contribution < -0.4 is 5.32 Å². The van der Waals surface area contributed by atoms with Crippen molar-refractivity contribution in [2.75, 3.05) is 6.54 Å². The van der Waals surface area contributed by atoms with Gasteiger partial charge in [0.05, 0.1) is 6.54 Å². The molecule has 0 aliphatic rings. The van der Waals surface area contributed by atoms with Gasteiger partial charge < -0.3 is 10.4 Å². The molecule has 0 radical (unpaired) electrons. The highest BCUT2D eigenvalue weighted by Crippen LogP contribution is 2.19. The molecule has 120 valence electrons. The van der Waals surface area contributed by atoms with Crippen molar-refractivity contribution < 1.29 is 19.1 Å². The van der Waals surface area contributed by atoms with Crippen molar-refractivity contribution in [3.63, 3.8) is 0 Å². The first-order valence-electron chi connectivity index (χ1n) is 7.17. The van der Waals surface area contributed by atoms with Gasteiger partial charge in [-0.15, -0.1) is 0 Å². The zero-order chi connectivity index (χ0) is 17.0. The smallest absolute Gasteiger partial charge is 0.292 e. The largest absolute Gasteiger partial charge is 0.384 e. The van der Waals surface area contributed by atoms with Crippen LogP contribution in [0.1, 0.15) is 28.4 Å². The Balaban J connectivity index is 2.01. The molecule has 2 N–H and O–H groups in total. The minimum atomic E-state index is -1.41. The lowest BCUT2D eigenvalue weighted by molar-refractivity contribution is -0.118. The summed E-state index contributed by atoms with van der Waals surface area (Å²) in [5.41, 5.74) is 0.314. The van der Waals surface area contributed by atoms with E-state index in [9.17, 15) is 19.1 Å². The van der Waals surface area contributed by atoms with Crippen LogP contribution >= 0.6 is 0 Å². The molecule has 0 saturated carbocycles. The van der Waals surface area contributed by atoms with Gasteiger partial charge in [-0.1, -0.05) is 42.0 Å². The molecule has 0 spiro atoms. The fourth-order valence-electron chi connectivity index (χ4n) is 2.08. The van der Waals surface area contributed by atoms with Crippen molar-refractivity contribution in [2.24, 2.45) is 0 Å². The van der Waals surface area contributed by atoms with Gasteiger partial charge in [-0.2, -0.15) is 0 Å². The third kappa shape index (κ3) is 4.23. The van der Waals surface area contributed by atoms with Crippen LogP contribution in [0.25, 0.3) is 0 Å². The second-order valence-electron chi connectivity index (χ2n) is 5.66. The van der Waals surface area contributed by atoms with Crippen LogP contribution in [0.5, 0.6) is 0 Å². The number of hydrogen-bond acceptors (Lipinski definition) is 3. The summed E-state index contributed by atoms with van der Waals surface area (Å²) >= 11 is 0. The third-order valence-corrected chi connectivity index (χ3v) is 3.58. The first kappa shape index (κ1) is 16.8. The first-order chi connectivity index (χ1) is 10.8. The molecule has 0 aliphatic heterocycles. The number of amides is 1. The van der Waals surface area contributed by atoms with Crippen LogP contribution in [0, 0.1) is 12.7 Å². The monoisotopic (exact) mass is 315 g/mol. The number of carbonyl (C=O) groups is 2. The molecule has 0 bridgehead atoms. The zero-order valence-corrected chi connectivity index (χ0v) is 13.0. The highest BCUT2D eigenvalue weighted by Gasteiger charge is 2.25. The van der Waals surface area contributed by atoms with Crippen molar-refractivity contribution in [3.05, 3.63) is 71.0 Å². The Labute approximate surface area is 134 Å². The van der Waals surface area contributed by atoms with E-state index in [0.29, 0.717) is 5.56 Å². The van der Waals surface area contributed by atoms with Gasteiger partial charge in [0.25, 0.3) is 5.91 Å². The molecule has 2 aromatic rings. The Kier molecular flexibility index (Phi) is 4.91. The third-order valence-electron chi connectivity index (χ3n) is 3.58. The molecule has 2 aromatic carbocycles. The summed E-state index contributed by atoms with van der Waals surface area (Å²) in [6.07, 6.45) is 0. The number of aryl methyl sites for hydroxylation is 1. The van der Waals surface area contributed by atoms with E-state index in [1.165, 1.54) is 31.2 Å². The predicted octanol–water partition coefficient (Wildman–Crippen LogP) is 2.34. The summed E-state index contributed by atoms with van der Waals surface area (Å²) in [6.45, 7) is 3.21. The van der Waals surface area contributed by atoms with Gasteiger partial charge in [0.2, 0.25) is 5.78 Å². The summed E-state index contributed by atoms with van der Waals surface area (Å²) in [5, 5.41) is 12.8. The van der Waals surface area contributed by atoms with Crippen LogP contribution in [-0.4, -0.2) is 23.3 Å². The van der Waals surface area contributed by atoms with E-state index in [4.69, 9.17) is 0 Å². The molecule has 5 heteroatoms. The van der Waals surface area contributed by atoms with Gasteiger partial charge >= 0.3 is 0 Å². The summed E-state index contributed by atoms with van der Waals surface area (Å²) in [5.74, 6) is -1.88. The number of ketones is 1. The van der Waals surface area contributed by atoms with Crippen LogP contribution in [0.15, 0.2) is 48.5 Å². The van der Waals surface area contributed by atoms with E-state index >= 15 is 0 Å². The molecule has 1 unspecified atom stereocenters. The highest BCUT2D eigenvalue weighted by molar-refractivity contribution is 6.42. The number of Topliss-reactive ketones (excluding diaryl/α,β-unsaturated/α-hetero) is 1. The number of hydrogen-bond donors (Lipinski definition) is 2. The molecule has 2 rings (SSSR count). The minimum Gasteiger partial charge on any atom is -0.384 e. The predicted molar refractivity (Wildman–Crippen MR) is 84.5 cm³/mol. The number of aliphatic hydroxyl groups is 1. The van der Waals surface area contributed by atoms with E-state index in [0.717, 1.165) is 5.56 Å². The number of halogens is 1. The van der Waals surface area contributed by atoms with Crippen LogP contribution in [0.3, 0.4) is 0 Å². The van der Waals surface area contributed by atoms with E-state index in [-0.39, 0.29) is 12.1 Å². The number of rotatable bonds is 5. The second-order valence-corrected chi connectivity index (χ2v) is 5.66. The number of benzene rings is 2. The Hall–Kier alpha value is -2.53. The molecule has 0 aromatic heterocycles. The van der Waals surface area contributed by atoms with E-state index in [1.807, 2.05) is 6.92 Å². The van der Waals surface area contributed by atoms with E-state index < -0.39 is 23.1 Å². The van der Waals surface area contributed by atoms with Gasteiger partial charge in [0.15, 0.2) is 0 Å². The maximum Gasteiger partial charge on any atom is 0.292 e. The Bertz CT molecular complexity index is 706. The second kappa shape index (κ2) is 6.71. The summed E-state index contributed by atoms with van der Waals surface area (Å²) in [4.78, 5) is 23.9. The quantitative estimate of drug-likeness (QED) is 0.657. The Morgan fingerprint density at radius 2 is 1.65 bits per heavy atom. The lowest BCUT2D eigenvalue weighted by Gasteiger charge is -2.24. The van der Waals surface area contributed by atoms with Crippen molar-refractivity contribution in [1.29, 1.82) is 0 Å². The van der Waals surface area contributed by atoms with Crippen molar-refractivity contribution in [3.8, 4) is 0 Å². The lowest BCUT2D eigenvalue weighted by Crippen LogP contribution is -2.41. The summed E-state index contributed by atoms with van der Waals surface area (Å²) < 4.78 is 12.9. The summed E-state index contributed by atoms with van der Waals surface area (Å²) in [6, 6.07) is 12.0. The topological polar surface area (TPSA) is 66.4 Å². The molecule has 1 atom stereocenters. The lowest BCUT2D eigenvalue weighted by atomic mass is 9.96. The molecule has 4 nitrogen and oxygen atoms in total. The van der Waals surface area contributed by atoms with Crippen LogP contribution in [0.2, 0.25) is 0 Å². The van der Waals surface area contributed by atoms with Gasteiger partial charge in [0.1, 0.15) is 11.4 Å². The normalized spacial score (nSPS) is 13.2. The molecule has 23 heavy (non-hydrogen) atoms. The molecule has 0 saturated heterocycles. The fourth-order valence-corrected chi connectivity index (χ4v) is 2.08. The fraction of sp³-hybridized carbons (Fsp3) is 0.222. The maximum atomic E-state index is 12.9. The van der Waals surface area contributed by atoms with Crippen molar-refractivity contribution in [1.82, 2.24) is 5.32 Å². The Morgan fingerprint density at radius 3 is 2.22 bits per heavy atom. The highest BCUT2D eigenvalue weighted by atomic mass is 19.1. The maximum absolute atomic E-state index is 12.9.